The Morgan fingerprint density at radius 2 is 2.27 bits per heavy atom. The minimum Gasteiger partial charge on any atom is -0.261 e. The minimum absolute atomic E-state index is 0.692. The molecule has 0 spiro atoms. The zero-order chi connectivity index (χ0) is 8.48. The summed E-state index contributed by atoms with van der Waals surface area (Å²) in [5.74, 6) is -3.10. The lowest BCUT2D eigenvalue weighted by Gasteiger charge is -2.19. The summed E-state index contributed by atoms with van der Waals surface area (Å²) < 4.78 is 13.3. The van der Waals surface area contributed by atoms with Gasteiger partial charge in [0.05, 0.1) is 10.8 Å². The van der Waals surface area contributed by atoms with Crippen molar-refractivity contribution in [3.63, 3.8) is 0 Å². The summed E-state index contributed by atoms with van der Waals surface area (Å²) in [4.78, 5) is 9.33. The normalized spacial score (nSPS) is 35.6. The molecule has 0 aromatic rings. The Hall–Kier alpha value is -1.19. The van der Waals surface area contributed by atoms with Gasteiger partial charge in [0, 0.05) is 6.08 Å². The zero-order valence-electron chi connectivity index (χ0n) is 6.03. The standard InChI is InChI=1S/C7H8FNO2/c1-6-4-2-3-5-7(6,8)9(10)11/h2-6H,1H3. The van der Waals surface area contributed by atoms with Crippen molar-refractivity contribution < 1.29 is 9.31 Å². The largest absolute Gasteiger partial charge is 0.384 e. The average Bonchev–Trinajstić information content (AvgIpc) is 1.95. The number of alkyl halides is 1. The highest BCUT2D eigenvalue weighted by atomic mass is 19.1. The summed E-state index contributed by atoms with van der Waals surface area (Å²) in [6, 6.07) is 0. The van der Waals surface area contributed by atoms with Crippen LogP contribution in [0.3, 0.4) is 0 Å². The predicted octanol–water partition coefficient (Wildman–Crippen LogP) is 1.69. The van der Waals surface area contributed by atoms with Crippen LogP contribution in [0.5, 0.6) is 0 Å². The van der Waals surface area contributed by atoms with Crippen LogP contribution in [-0.2, 0) is 0 Å². The summed E-state index contributed by atoms with van der Waals surface area (Å²) in [6.07, 6.45) is 5.40. The van der Waals surface area contributed by atoms with Gasteiger partial charge in [0.1, 0.15) is 0 Å². The fourth-order valence-corrected chi connectivity index (χ4v) is 0.935. The Morgan fingerprint density at radius 3 is 2.64 bits per heavy atom. The molecule has 2 unspecified atom stereocenters. The van der Waals surface area contributed by atoms with E-state index in [4.69, 9.17) is 0 Å². The molecule has 0 amide bonds. The third-order valence-electron chi connectivity index (χ3n) is 1.76. The molecule has 3 nitrogen and oxygen atoms in total. The van der Waals surface area contributed by atoms with E-state index in [0.29, 0.717) is 0 Å². The molecule has 4 heteroatoms. The van der Waals surface area contributed by atoms with Gasteiger partial charge < -0.3 is 0 Å². The van der Waals surface area contributed by atoms with E-state index < -0.39 is 16.6 Å². The van der Waals surface area contributed by atoms with E-state index in [-0.39, 0.29) is 0 Å². The number of halogens is 1. The van der Waals surface area contributed by atoms with Crippen molar-refractivity contribution in [3.05, 3.63) is 34.4 Å². The number of allylic oxidation sites excluding steroid dienone is 2. The highest BCUT2D eigenvalue weighted by Gasteiger charge is 2.45. The number of hydrogen-bond donors (Lipinski definition) is 0. The molecule has 11 heavy (non-hydrogen) atoms. The van der Waals surface area contributed by atoms with E-state index in [0.717, 1.165) is 6.08 Å². The van der Waals surface area contributed by atoms with E-state index in [1.54, 1.807) is 6.08 Å². The van der Waals surface area contributed by atoms with Crippen molar-refractivity contribution in [3.8, 4) is 0 Å². The number of nitro groups is 1. The van der Waals surface area contributed by atoms with Crippen LogP contribution in [0.1, 0.15) is 6.92 Å². The molecule has 1 rings (SSSR count). The van der Waals surface area contributed by atoms with E-state index in [1.165, 1.54) is 19.1 Å². The lowest BCUT2D eigenvalue weighted by molar-refractivity contribution is -0.597. The molecule has 0 bridgehead atoms. The first kappa shape index (κ1) is 7.91. The molecule has 2 atom stereocenters. The third-order valence-corrected chi connectivity index (χ3v) is 1.76. The first-order valence-electron chi connectivity index (χ1n) is 3.27. The lowest BCUT2D eigenvalue weighted by Crippen LogP contribution is -2.38. The van der Waals surface area contributed by atoms with Gasteiger partial charge in [0.15, 0.2) is 0 Å². The topological polar surface area (TPSA) is 43.1 Å². The SMILES string of the molecule is CC1C=CC=CC1(F)[N+](=O)[O-]. The lowest BCUT2D eigenvalue weighted by atomic mass is 9.95. The van der Waals surface area contributed by atoms with Gasteiger partial charge in [-0.05, 0) is 6.92 Å². The smallest absolute Gasteiger partial charge is 0.261 e. The molecule has 1 aliphatic rings. The molecule has 0 fully saturated rings. The van der Waals surface area contributed by atoms with Crippen molar-refractivity contribution in [2.75, 3.05) is 0 Å². The van der Waals surface area contributed by atoms with Crippen LogP contribution in [-0.4, -0.2) is 10.7 Å². The summed E-state index contributed by atoms with van der Waals surface area (Å²) in [6.45, 7) is 1.48. The zero-order valence-corrected chi connectivity index (χ0v) is 6.03. The number of hydrogen-bond acceptors (Lipinski definition) is 2. The van der Waals surface area contributed by atoms with Crippen LogP contribution in [0.25, 0.3) is 0 Å². The summed E-state index contributed by atoms with van der Waals surface area (Å²) >= 11 is 0. The van der Waals surface area contributed by atoms with Crippen molar-refractivity contribution in [1.82, 2.24) is 0 Å². The Labute approximate surface area is 63.4 Å². The van der Waals surface area contributed by atoms with Crippen molar-refractivity contribution in [2.45, 2.75) is 12.7 Å². The fourth-order valence-electron chi connectivity index (χ4n) is 0.935. The molecular formula is C7H8FNO2. The van der Waals surface area contributed by atoms with Crippen molar-refractivity contribution in [2.24, 2.45) is 5.92 Å². The van der Waals surface area contributed by atoms with Crippen LogP contribution < -0.4 is 0 Å². The van der Waals surface area contributed by atoms with Crippen LogP contribution in [0.2, 0.25) is 0 Å². The maximum atomic E-state index is 13.3. The molecule has 0 aromatic heterocycles. The second-order valence-electron chi connectivity index (χ2n) is 2.52. The maximum absolute atomic E-state index is 13.3. The molecule has 0 N–H and O–H groups in total. The average molecular weight is 157 g/mol. The number of nitrogens with zero attached hydrogens (tertiary/aromatic N) is 1. The van der Waals surface area contributed by atoms with Gasteiger partial charge in [-0.15, -0.1) is 0 Å². The van der Waals surface area contributed by atoms with Gasteiger partial charge in [-0.2, -0.15) is 4.39 Å². The van der Waals surface area contributed by atoms with Gasteiger partial charge in [-0.1, -0.05) is 18.2 Å². The van der Waals surface area contributed by atoms with Crippen LogP contribution in [0.15, 0.2) is 24.3 Å². The number of rotatable bonds is 1. The first-order valence-corrected chi connectivity index (χ1v) is 3.27. The molecule has 0 heterocycles. The van der Waals surface area contributed by atoms with E-state index >= 15 is 0 Å². The Bertz CT molecular complexity index is 237. The second kappa shape index (κ2) is 2.45. The third kappa shape index (κ3) is 1.15. The van der Waals surface area contributed by atoms with Crippen LogP contribution in [0.4, 0.5) is 4.39 Å². The Balaban J connectivity index is 2.94. The van der Waals surface area contributed by atoms with Gasteiger partial charge in [0.2, 0.25) is 0 Å². The molecule has 0 aromatic carbocycles. The van der Waals surface area contributed by atoms with E-state index in [2.05, 4.69) is 0 Å². The Kier molecular flexibility index (Phi) is 1.76. The van der Waals surface area contributed by atoms with Gasteiger partial charge in [0.25, 0.3) is 0 Å². The monoisotopic (exact) mass is 157 g/mol. The molecule has 60 valence electrons. The van der Waals surface area contributed by atoms with Crippen LogP contribution >= 0.6 is 0 Å². The van der Waals surface area contributed by atoms with Crippen molar-refractivity contribution >= 4 is 0 Å². The fraction of sp³-hybridized carbons (Fsp3) is 0.429. The highest BCUT2D eigenvalue weighted by molar-refractivity contribution is 5.17. The summed E-state index contributed by atoms with van der Waals surface area (Å²) in [5, 5.41) is 10.2. The van der Waals surface area contributed by atoms with Gasteiger partial charge in [-0.3, -0.25) is 10.1 Å². The van der Waals surface area contributed by atoms with Crippen molar-refractivity contribution in [1.29, 1.82) is 0 Å². The molecule has 0 aliphatic heterocycles. The summed E-state index contributed by atoms with van der Waals surface area (Å²) in [5.41, 5.74) is 0. The van der Waals surface area contributed by atoms with E-state index in [1.807, 2.05) is 0 Å². The van der Waals surface area contributed by atoms with E-state index in [9.17, 15) is 14.5 Å². The predicted molar refractivity (Wildman–Crippen MR) is 38.3 cm³/mol. The second-order valence-corrected chi connectivity index (χ2v) is 2.52. The molecular weight excluding hydrogens is 149 g/mol. The molecule has 1 aliphatic carbocycles. The quantitative estimate of drug-likeness (QED) is 0.330. The molecule has 0 saturated carbocycles. The minimum atomic E-state index is -2.41. The van der Waals surface area contributed by atoms with Gasteiger partial charge >= 0.3 is 5.79 Å². The molecule has 0 radical (unpaired) electrons. The summed E-state index contributed by atoms with van der Waals surface area (Å²) in [7, 11) is 0. The maximum Gasteiger partial charge on any atom is 0.384 e. The molecule has 0 saturated heterocycles. The Morgan fingerprint density at radius 1 is 1.64 bits per heavy atom. The highest BCUT2D eigenvalue weighted by Crippen LogP contribution is 2.28. The first-order chi connectivity index (χ1) is 5.07. The van der Waals surface area contributed by atoms with Gasteiger partial charge in [-0.25, -0.2) is 0 Å². The van der Waals surface area contributed by atoms with Crippen LogP contribution in [0, 0.1) is 16.0 Å².